The number of carbonyl (C=O) groups is 1. The van der Waals surface area contributed by atoms with Crippen molar-refractivity contribution in [3.8, 4) is 10.6 Å². The average molecular weight is 350 g/mol. The Balaban J connectivity index is 1.54. The van der Waals surface area contributed by atoms with Gasteiger partial charge in [0.25, 0.3) is 5.91 Å². The molecule has 0 aliphatic carbocycles. The molecule has 0 saturated carbocycles. The molecule has 3 nitrogen and oxygen atoms in total. The van der Waals surface area contributed by atoms with Gasteiger partial charge in [-0.15, -0.1) is 22.7 Å². The molecule has 0 atom stereocenters. The van der Waals surface area contributed by atoms with E-state index in [2.05, 4.69) is 10.3 Å². The van der Waals surface area contributed by atoms with Crippen molar-refractivity contribution in [3.63, 3.8) is 0 Å². The summed E-state index contributed by atoms with van der Waals surface area (Å²) in [5.74, 6) is -0.0443. The highest BCUT2D eigenvalue weighted by molar-refractivity contribution is 7.20. The van der Waals surface area contributed by atoms with Gasteiger partial charge in [0.15, 0.2) is 0 Å². The first-order valence-corrected chi connectivity index (χ1v) is 9.25. The second-order valence-electron chi connectivity index (χ2n) is 5.32. The van der Waals surface area contributed by atoms with Gasteiger partial charge in [0.05, 0.1) is 15.4 Å². The zero-order valence-electron chi connectivity index (χ0n) is 12.7. The molecule has 3 aromatic heterocycles. The molecule has 0 spiro atoms. The molecule has 24 heavy (non-hydrogen) atoms. The molecule has 1 amide bonds. The highest BCUT2D eigenvalue weighted by Crippen LogP contribution is 2.27. The van der Waals surface area contributed by atoms with E-state index in [0.717, 1.165) is 31.1 Å². The number of aromatic nitrogens is 1. The molecule has 5 heteroatoms. The Morgan fingerprint density at radius 1 is 1.08 bits per heavy atom. The number of carbonyl (C=O) groups excluding carboxylic acids is 1. The number of rotatable bonds is 4. The van der Waals surface area contributed by atoms with Crippen LogP contribution in [0.1, 0.15) is 15.2 Å². The van der Waals surface area contributed by atoms with Crippen LogP contribution in [0, 0.1) is 0 Å². The Bertz CT molecular complexity index is 956. The predicted molar refractivity (Wildman–Crippen MR) is 101 cm³/mol. The van der Waals surface area contributed by atoms with Crippen LogP contribution in [0.4, 0.5) is 0 Å². The SMILES string of the molecule is O=C(NCc1cccnc1-c1cccs1)c1cc2ccccc2s1. The number of nitrogens with zero attached hydrogens (tertiary/aromatic N) is 1. The molecule has 4 aromatic rings. The summed E-state index contributed by atoms with van der Waals surface area (Å²) in [6.07, 6.45) is 1.78. The fourth-order valence-corrected chi connectivity index (χ4v) is 4.31. The van der Waals surface area contributed by atoms with Crippen LogP contribution in [0.25, 0.3) is 20.7 Å². The van der Waals surface area contributed by atoms with Crippen LogP contribution < -0.4 is 5.32 Å². The first kappa shape index (κ1) is 15.1. The molecule has 3 heterocycles. The van der Waals surface area contributed by atoms with Gasteiger partial charge in [-0.2, -0.15) is 0 Å². The topological polar surface area (TPSA) is 42.0 Å². The van der Waals surface area contributed by atoms with Crippen molar-refractivity contribution < 1.29 is 4.79 Å². The van der Waals surface area contributed by atoms with Crippen LogP contribution in [-0.4, -0.2) is 10.9 Å². The second kappa shape index (κ2) is 6.55. The third-order valence-corrected chi connectivity index (χ3v) is 5.73. The maximum atomic E-state index is 12.5. The smallest absolute Gasteiger partial charge is 0.261 e. The van der Waals surface area contributed by atoms with Crippen molar-refractivity contribution in [2.75, 3.05) is 0 Å². The predicted octanol–water partition coefficient (Wildman–Crippen LogP) is 4.95. The van der Waals surface area contributed by atoms with Gasteiger partial charge in [0.1, 0.15) is 0 Å². The van der Waals surface area contributed by atoms with Crippen molar-refractivity contribution in [2.45, 2.75) is 6.54 Å². The van der Waals surface area contributed by atoms with E-state index in [1.807, 2.05) is 60.0 Å². The van der Waals surface area contributed by atoms with E-state index in [4.69, 9.17) is 0 Å². The maximum Gasteiger partial charge on any atom is 0.261 e. The number of pyridine rings is 1. The quantitative estimate of drug-likeness (QED) is 0.565. The summed E-state index contributed by atoms with van der Waals surface area (Å²) >= 11 is 3.17. The lowest BCUT2D eigenvalue weighted by molar-refractivity contribution is 0.0955. The number of hydrogen-bond acceptors (Lipinski definition) is 4. The molecule has 0 aliphatic heterocycles. The summed E-state index contributed by atoms with van der Waals surface area (Å²) in [6, 6.07) is 17.9. The summed E-state index contributed by atoms with van der Waals surface area (Å²) in [5, 5.41) is 6.15. The number of benzene rings is 1. The number of hydrogen-bond donors (Lipinski definition) is 1. The lowest BCUT2D eigenvalue weighted by Crippen LogP contribution is -2.22. The fourth-order valence-electron chi connectivity index (χ4n) is 2.57. The minimum absolute atomic E-state index is 0.0443. The Kier molecular flexibility index (Phi) is 4.11. The maximum absolute atomic E-state index is 12.5. The standard InChI is InChI=1S/C19H14N2OS2/c22-19(17-11-13-5-1-2-7-15(13)24-17)21-12-14-6-3-9-20-18(14)16-8-4-10-23-16/h1-11H,12H2,(H,21,22). The van der Waals surface area contributed by atoms with Crippen molar-refractivity contribution in [3.05, 3.63) is 76.6 Å². The van der Waals surface area contributed by atoms with Gasteiger partial charge in [-0.1, -0.05) is 30.3 Å². The van der Waals surface area contributed by atoms with Gasteiger partial charge < -0.3 is 5.32 Å². The molecular formula is C19H14N2OS2. The Morgan fingerprint density at radius 2 is 2.00 bits per heavy atom. The molecule has 1 N–H and O–H groups in total. The third-order valence-electron chi connectivity index (χ3n) is 3.73. The van der Waals surface area contributed by atoms with Gasteiger partial charge in [-0.3, -0.25) is 9.78 Å². The molecule has 4 rings (SSSR count). The van der Waals surface area contributed by atoms with Gasteiger partial charge in [0, 0.05) is 17.4 Å². The highest BCUT2D eigenvalue weighted by Gasteiger charge is 2.12. The van der Waals surface area contributed by atoms with E-state index in [1.54, 1.807) is 17.5 Å². The monoisotopic (exact) mass is 350 g/mol. The lowest BCUT2D eigenvalue weighted by Gasteiger charge is -2.08. The number of amides is 1. The molecule has 0 fully saturated rings. The van der Waals surface area contributed by atoms with E-state index in [0.29, 0.717) is 6.54 Å². The number of fused-ring (bicyclic) bond motifs is 1. The molecule has 1 aromatic carbocycles. The largest absolute Gasteiger partial charge is 0.347 e. The zero-order valence-corrected chi connectivity index (χ0v) is 14.4. The zero-order chi connectivity index (χ0) is 16.4. The van der Waals surface area contributed by atoms with Crippen molar-refractivity contribution in [2.24, 2.45) is 0 Å². The summed E-state index contributed by atoms with van der Waals surface area (Å²) in [6.45, 7) is 0.466. The summed E-state index contributed by atoms with van der Waals surface area (Å²) in [7, 11) is 0. The van der Waals surface area contributed by atoms with Crippen LogP contribution in [0.15, 0.2) is 66.2 Å². The van der Waals surface area contributed by atoms with E-state index >= 15 is 0 Å². The molecule has 0 unspecified atom stereocenters. The Hall–Kier alpha value is -2.50. The van der Waals surface area contributed by atoms with E-state index < -0.39 is 0 Å². The van der Waals surface area contributed by atoms with Crippen molar-refractivity contribution >= 4 is 38.7 Å². The van der Waals surface area contributed by atoms with Crippen LogP contribution in [0.5, 0.6) is 0 Å². The van der Waals surface area contributed by atoms with Gasteiger partial charge in [0.2, 0.25) is 0 Å². The normalized spacial score (nSPS) is 10.8. The molecular weight excluding hydrogens is 336 g/mol. The van der Waals surface area contributed by atoms with Gasteiger partial charge in [-0.25, -0.2) is 0 Å². The van der Waals surface area contributed by atoms with E-state index in [-0.39, 0.29) is 5.91 Å². The molecule has 0 saturated heterocycles. The second-order valence-corrected chi connectivity index (χ2v) is 7.35. The molecule has 0 bridgehead atoms. The number of thiophene rings is 2. The van der Waals surface area contributed by atoms with Crippen LogP contribution in [0.3, 0.4) is 0 Å². The third kappa shape index (κ3) is 2.96. The van der Waals surface area contributed by atoms with Crippen LogP contribution >= 0.6 is 22.7 Å². The summed E-state index contributed by atoms with van der Waals surface area (Å²) in [5.41, 5.74) is 1.96. The Morgan fingerprint density at radius 3 is 2.83 bits per heavy atom. The number of nitrogens with one attached hydrogen (secondary N) is 1. The van der Waals surface area contributed by atoms with Gasteiger partial charge >= 0.3 is 0 Å². The fraction of sp³-hybridized carbons (Fsp3) is 0.0526. The Labute approximate surface area is 147 Å². The molecule has 0 radical (unpaired) electrons. The summed E-state index contributed by atoms with van der Waals surface area (Å²) < 4.78 is 1.13. The average Bonchev–Trinajstić information content (AvgIpc) is 3.29. The minimum atomic E-state index is -0.0443. The van der Waals surface area contributed by atoms with Crippen LogP contribution in [0.2, 0.25) is 0 Å². The van der Waals surface area contributed by atoms with Crippen molar-refractivity contribution in [1.29, 1.82) is 0 Å². The molecule has 118 valence electrons. The van der Waals surface area contributed by atoms with Crippen molar-refractivity contribution in [1.82, 2.24) is 10.3 Å². The lowest BCUT2D eigenvalue weighted by atomic mass is 10.1. The van der Waals surface area contributed by atoms with Crippen LogP contribution in [-0.2, 0) is 6.54 Å². The van der Waals surface area contributed by atoms with E-state index in [1.165, 1.54) is 11.3 Å². The summed E-state index contributed by atoms with van der Waals surface area (Å²) in [4.78, 5) is 18.8. The van der Waals surface area contributed by atoms with Gasteiger partial charge in [-0.05, 0) is 40.6 Å². The minimum Gasteiger partial charge on any atom is -0.347 e. The first-order valence-electron chi connectivity index (χ1n) is 7.56. The first-order chi connectivity index (χ1) is 11.8. The molecule has 0 aliphatic rings. The highest BCUT2D eigenvalue weighted by atomic mass is 32.1. The van der Waals surface area contributed by atoms with E-state index in [9.17, 15) is 4.79 Å².